The standard InChI is InChI=1S/C15H17N3O2S/c1-19-13-3-2-11(4-5-16)14(8-13)20-10-12-9-18-6-7-21-15(18)17-12/h2-3,6-9H,4-5,10,16H2,1H3. The number of fused-ring (bicyclic) bond motifs is 1. The van der Waals surface area contributed by atoms with Crippen LogP contribution in [0.4, 0.5) is 0 Å². The zero-order valence-corrected chi connectivity index (χ0v) is 12.6. The molecule has 0 radical (unpaired) electrons. The van der Waals surface area contributed by atoms with Crippen LogP contribution in [0, 0.1) is 0 Å². The summed E-state index contributed by atoms with van der Waals surface area (Å²) in [5, 5.41) is 2.01. The number of nitrogens with zero attached hydrogens (tertiary/aromatic N) is 2. The molecule has 0 saturated heterocycles. The number of hydrogen-bond acceptors (Lipinski definition) is 5. The van der Waals surface area contributed by atoms with E-state index in [2.05, 4.69) is 4.98 Å². The smallest absolute Gasteiger partial charge is 0.193 e. The topological polar surface area (TPSA) is 61.8 Å². The van der Waals surface area contributed by atoms with Crippen molar-refractivity contribution in [3.8, 4) is 11.5 Å². The highest BCUT2D eigenvalue weighted by Gasteiger charge is 2.08. The van der Waals surface area contributed by atoms with Gasteiger partial charge in [0.05, 0.1) is 12.8 Å². The summed E-state index contributed by atoms with van der Waals surface area (Å²) in [6, 6.07) is 5.81. The molecule has 6 heteroatoms. The zero-order valence-electron chi connectivity index (χ0n) is 11.8. The quantitative estimate of drug-likeness (QED) is 0.760. The lowest BCUT2D eigenvalue weighted by molar-refractivity contribution is 0.296. The van der Waals surface area contributed by atoms with Crippen molar-refractivity contribution in [1.82, 2.24) is 9.38 Å². The maximum atomic E-state index is 5.91. The van der Waals surface area contributed by atoms with Gasteiger partial charge in [0, 0.05) is 23.8 Å². The van der Waals surface area contributed by atoms with E-state index in [-0.39, 0.29) is 0 Å². The Morgan fingerprint density at radius 3 is 3.05 bits per heavy atom. The van der Waals surface area contributed by atoms with E-state index in [1.807, 2.05) is 40.4 Å². The molecular weight excluding hydrogens is 286 g/mol. The number of imidazole rings is 1. The average Bonchev–Trinajstić information content (AvgIpc) is 3.07. The van der Waals surface area contributed by atoms with Crippen LogP contribution in [0.2, 0.25) is 0 Å². The summed E-state index contributed by atoms with van der Waals surface area (Å²) in [6.45, 7) is 1.02. The lowest BCUT2D eigenvalue weighted by atomic mass is 10.1. The summed E-state index contributed by atoms with van der Waals surface area (Å²) in [6.07, 6.45) is 4.74. The Balaban J connectivity index is 1.77. The minimum Gasteiger partial charge on any atom is -0.497 e. The Kier molecular flexibility index (Phi) is 4.08. The summed E-state index contributed by atoms with van der Waals surface area (Å²) in [5.74, 6) is 1.58. The van der Waals surface area contributed by atoms with Crippen LogP contribution in [-0.4, -0.2) is 23.0 Å². The fourth-order valence-corrected chi connectivity index (χ4v) is 2.87. The van der Waals surface area contributed by atoms with Crippen molar-refractivity contribution in [1.29, 1.82) is 0 Å². The first-order chi connectivity index (χ1) is 10.3. The van der Waals surface area contributed by atoms with Crippen LogP contribution < -0.4 is 15.2 Å². The third-order valence-corrected chi connectivity index (χ3v) is 3.98. The third-order valence-electron chi connectivity index (χ3n) is 3.21. The molecule has 0 amide bonds. The van der Waals surface area contributed by atoms with Gasteiger partial charge in [-0.2, -0.15) is 0 Å². The summed E-state index contributed by atoms with van der Waals surface area (Å²) >= 11 is 1.61. The Hall–Kier alpha value is -2.05. The molecule has 3 aromatic rings. The van der Waals surface area contributed by atoms with E-state index < -0.39 is 0 Å². The molecule has 0 aliphatic heterocycles. The second-order valence-electron chi connectivity index (χ2n) is 4.63. The van der Waals surface area contributed by atoms with E-state index in [1.54, 1.807) is 18.4 Å². The van der Waals surface area contributed by atoms with Gasteiger partial charge in [-0.25, -0.2) is 4.98 Å². The van der Waals surface area contributed by atoms with Gasteiger partial charge in [-0.05, 0) is 24.6 Å². The molecule has 0 saturated carbocycles. The van der Waals surface area contributed by atoms with Crippen LogP contribution in [-0.2, 0) is 13.0 Å². The number of benzene rings is 1. The molecule has 5 nitrogen and oxygen atoms in total. The van der Waals surface area contributed by atoms with Crippen molar-refractivity contribution in [2.75, 3.05) is 13.7 Å². The second kappa shape index (κ2) is 6.15. The van der Waals surface area contributed by atoms with Gasteiger partial charge in [0.2, 0.25) is 0 Å². The van der Waals surface area contributed by atoms with Gasteiger partial charge >= 0.3 is 0 Å². The number of thiazole rings is 1. The highest BCUT2D eigenvalue weighted by molar-refractivity contribution is 7.15. The molecule has 2 N–H and O–H groups in total. The molecule has 0 bridgehead atoms. The maximum Gasteiger partial charge on any atom is 0.193 e. The Morgan fingerprint density at radius 1 is 1.38 bits per heavy atom. The van der Waals surface area contributed by atoms with E-state index in [4.69, 9.17) is 15.2 Å². The minimum absolute atomic E-state index is 0.430. The van der Waals surface area contributed by atoms with Gasteiger partial charge in [-0.1, -0.05) is 6.07 Å². The van der Waals surface area contributed by atoms with Crippen molar-refractivity contribution in [3.05, 3.63) is 47.2 Å². The molecular formula is C15H17N3O2S. The molecule has 0 aliphatic carbocycles. The molecule has 1 aromatic carbocycles. The molecule has 0 unspecified atom stereocenters. The van der Waals surface area contributed by atoms with Crippen LogP contribution in [0.3, 0.4) is 0 Å². The lowest BCUT2D eigenvalue weighted by Gasteiger charge is -2.11. The molecule has 0 atom stereocenters. The van der Waals surface area contributed by atoms with E-state index in [1.165, 1.54) is 0 Å². The second-order valence-corrected chi connectivity index (χ2v) is 5.50. The van der Waals surface area contributed by atoms with Gasteiger partial charge in [-0.15, -0.1) is 11.3 Å². The molecule has 3 rings (SSSR count). The van der Waals surface area contributed by atoms with E-state index in [9.17, 15) is 0 Å². The third kappa shape index (κ3) is 3.01. The van der Waals surface area contributed by atoms with E-state index in [0.29, 0.717) is 13.2 Å². The summed E-state index contributed by atoms with van der Waals surface area (Å²) < 4.78 is 13.2. The number of ether oxygens (including phenoxy) is 2. The first-order valence-electron chi connectivity index (χ1n) is 6.71. The predicted octanol–water partition coefficient (Wildman–Crippen LogP) is 2.48. The van der Waals surface area contributed by atoms with Crippen molar-refractivity contribution in [2.45, 2.75) is 13.0 Å². The molecule has 2 heterocycles. The fourth-order valence-electron chi connectivity index (χ4n) is 2.16. The van der Waals surface area contributed by atoms with Gasteiger partial charge < -0.3 is 15.2 Å². The van der Waals surface area contributed by atoms with Crippen molar-refractivity contribution >= 4 is 16.3 Å². The normalized spacial score (nSPS) is 11.0. The summed E-state index contributed by atoms with van der Waals surface area (Å²) in [7, 11) is 1.64. The molecule has 110 valence electrons. The fraction of sp³-hybridized carbons (Fsp3) is 0.267. The Labute approximate surface area is 126 Å². The number of hydrogen-bond donors (Lipinski definition) is 1. The monoisotopic (exact) mass is 303 g/mol. The lowest BCUT2D eigenvalue weighted by Crippen LogP contribution is -2.06. The number of aromatic nitrogens is 2. The van der Waals surface area contributed by atoms with E-state index in [0.717, 1.165) is 34.1 Å². The van der Waals surface area contributed by atoms with Crippen LogP contribution in [0.25, 0.3) is 4.96 Å². The zero-order chi connectivity index (χ0) is 14.7. The molecule has 0 aliphatic rings. The molecule has 2 aromatic heterocycles. The maximum absolute atomic E-state index is 5.91. The van der Waals surface area contributed by atoms with Crippen LogP contribution >= 0.6 is 11.3 Å². The molecule has 21 heavy (non-hydrogen) atoms. The minimum atomic E-state index is 0.430. The van der Waals surface area contributed by atoms with Crippen LogP contribution in [0.15, 0.2) is 36.0 Å². The molecule has 0 fully saturated rings. The first kappa shape index (κ1) is 13.9. The summed E-state index contributed by atoms with van der Waals surface area (Å²) in [5.41, 5.74) is 7.63. The van der Waals surface area contributed by atoms with Crippen molar-refractivity contribution in [3.63, 3.8) is 0 Å². The first-order valence-corrected chi connectivity index (χ1v) is 7.59. The molecule has 0 spiro atoms. The van der Waals surface area contributed by atoms with Crippen LogP contribution in [0.5, 0.6) is 11.5 Å². The van der Waals surface area contributed by atoms with Gasteiger partial charge in [-0.3, -0.25) is 4.40 Å². The van der Waals surface area contributed by atoms with Gasteiger partial charge in [0.15, 0.2) is 4.96 Å². The predicted molar refractivity (Wildman–Crippen MR) is 83.2 cm³/mol. The number of nitrogens with two attached hydrogens (primary N) is 1. The van der Waals surface area contributed by atoms with Gasteiger partial charge in [0.25, 0.3) is 0 Å². The van der Waals surface area contributed by atoms with Gasteiger partial charge in [0.1, 0.15) is 18.1 Å². The Morgan fingerprint density at radius 2 is 2.29 bits per heavy atom. The number of methoxy groups -OCH3 is 1. The Bertz CT molecular complexity index is 707. The number of rotatable bonds is 6. The van der Waals surface area contributed by atoms with E-state index >= 15 is 0 Å². The highest BCUT2D eigenvalue weighted by atomic mass is 32.1. The summed E-state index contributed by atoms with van der Waals surface area (Å²) in [4.78, 5) is 5.48. The van der Waals surface area contributed by atoms with Crippen molar-refractivity contribution < 1.29 is 9.47 Å². The van der Waals surface area contributed by atoms with Crippen molar-refractivity contribution in [2.24, 2.45) is 5.73 Å². The van der Waals surface area contributed by atoms with Crippen LogP contribution in [0.1, 0.15) is 11.3 Å². The SMILES string of the molecule is COc1ccc(CCN)c(OCc2cn3ccsc3n2)c1. The largest absolute Gasteiger partial charge is 0.497 e. The highest BCUT2D eigenvalue weighted by Crippen LogP contribution is 2.26. The average molecular weight is 303 g/mol.